The van der Waals surface area contributed by atoms with Crippen molar-refractivity contribution in [1.29, 1.82) is 0 Å². The van der Waals surface area contributed by atoms with Crippen LogP contribution in [0.2, 0.25) is 0 Å². The highest BCUT2D eigenvalue weighted by molar-refractivity contribution is 5.93. The van der Waals surface area contributed by atoms with E-state index < -0.39 is 0 Å². The first-order valence-corrected chi connectivity index (χ1v) is 9.74. The molecule has 1 aliphatic carbocycles. The summed E-state index contributed by atoms with van der Waals surface area (Å²) in [7, 11) is 0. The first kappa shape index (κ1) is 16.9. The predicted molar refractivity (Wildman–Crippen MR) is 106 cm³/mol. The van der Waals surface area contributed by atoms with Crippen molar-refractivity contribution >= 4 is 11.9 Å². The average Bonchev–Trinajstić information content (AvgIpc) is 3.27. The van der Waals surface area contributed by atoms with E-state index in [4.69, 9.17) is 4.98 Å². The van der Waals surface area contributed by atoms with Gasteiger partial charge >= 0.3 is 0 Å². The smallest absolute Gasteiger partial charge is 0.268 e. The number of pyridine rings is 1. The highest BCUT2D eigenvalue weighted by Gasteiger charge is 2.29. The molecular formula is C21H22N6O. The summed E-state index contributed by atoms with van der Waals surface area (Å²) in [5, 5.41) is 3.18. The molecule has 3 aromatic rings. The van der Waals surface area contributed by atoms with Crippen LogP contribution < -0.4 is 10.2 Å². The van der Waals surface area contributed by atoms with E-state index in [1.165, 1.54) is 0 Å². The number of hydrogen-bond acceptors (Lipinski definition) is 5. The molecule has 7 nitrogen and oxygen atoms in total. The molecule has 2 aliphatic rings. The van der Waals surface area contributed by atoms with Crippen molar-refractivity contribution in [3.05, 3.63) is 60.8 Å². The summed E-state index contributed by atoms with van der Waals surface area (Å²) in [6.07, 6.45) is 10.5. The topological polar surface area (TPSA) is 75.9 Å². The number of anilines is 1. The van der Waals surface area contributed by atoms with E-state index in [9.17, 15) is 4.79 Å². The quantitative estimate of drug-likeness (QED) is 0.743. The minimum Gasteiger partial charge on any atom is -0.346 e. The van der Waals surface area contributed by atoms with Gasteiger partial charge in [0.2, 0.25) is 5.95 Å². The summed E-state index contributed by atoms with van der Waals surface area (Å²) in [5.41, 5.74) is 2.58. The number of nitrogens with one attached hydrogen (secondary N) is 1. The normalized spacial score (nSPS) is 19.0. The Hall–Kier alpha value is -3.22. The molecule has 1 atom stereocenters. The standard InChI is InChI=1S/C21H22N6O/c28-20(19-4-2-11-27(19)17-5-6-17)24-16-8-12-26(14-16)21-23-10-7-18(25-21)15-3-1-9-22-13-15/h1-4,7,9-11,13,16-17H,5-6,8,12,14H2,(H,24,28). The highest BCUT2D eigenvalue weighted by Crippen LogP contribution is 2.36. The Labute approximate surface area is 163 Å². The SMILES string of the molecule is O=C(NC1CCN(c2nccc(-c3cccnc3)n2)C1)c1cccn1C1CC1. The van der Waals surface area contributed by atoms with E-state index in [1.807, 2.05) is 36.5 Å². The zero-order valence-corrected chi connectivity index (χ0v) is 15.5. The molecule has 28 heavy (non-hydrogen) atoms. The van der Waals surface area contributed by atoms with Crippen LogP contribution in [0.15, 0.2) is 55.1 Å². The molecule has 1 aliphatic heterocycles. The molecule has 0 spiro atoms. The van der Waals surface area contributed by atoms with Gasteiger partial charge in [-0.3, -0.25) is 9.78 Å². The molecule has 1 amide bonds. The Morgan fingerprint density at radius 1 is 1.11 bits per heavy atom. The van der Waals surface area contributed by atoms with Gasteiger partial charge < -0.3 is 14.8 Å². The van der Waals surface area contributed by atoms with E-state index in [-0.39, 0.29) is 11.9 Å². The molecule has 1 N–H and O–H groups in total. The lowest BCUT2D eigenvalue weighted by Gasteiger charge is -2.18. The van der Waals surface area contributed by atoms with Crippen LogP contribution in [0.25, 0.3) is 11.3 Å². The van der Waals surface area contributed by atoms with Crippen molar-refractivity contribution in [3.63, 3.8) is 0 Å². The first-order valence-electron chi connectivity index (χ1n) is 9.74. The predicted octanol–water partition coefficient (Wildman–Crippen LogP) is 2.68. The fourth-order valence-corrected chi connectivity index (χ4v) is 3.75. The Morgan fingerprint density at radius 2 is 2.04 bits per heavy atom. The van der Waals surface area contributed by atoms with Gasteiger partial charge in [-0.05, 0) is 49.6 Å². The van der Waals surface area contributed by atoms with E-state index in [2.05, 4.69) is 24.8 Å². The number of aromatic nitrogens is 4. The molecular weight excluding hydrogens is 352 g/mol. The number of carbonyl (C=O) groups is 1. The first-order chi connectivity index (χ1) is 13.8. The second-order valence-corrected chi connectivity index (χ2v) is 7.42. The lowest BCUT2D eigenvalue weighted by atomic mass is 10.2. The van der Waals surface area contributed by atoms with Crippen LogP contribution in [0.1, 0.15) is 35.8 Å². The fourth-order valence-electron chi connectivity index (χ4n) is 3.75. The van der Waals surface area contributed by atoms with Gasteiger partial charge in [-0.15, -0.1) is 0 Å². The van der Waals surface area contributed by atoms with Crippen molar-refractivity contribution in [2.75, 3.05) is 18.0 Å². The maximum atomic E-state index is 12.7. The second kappa shape index (κ2) is 7.07. The number of hydrogen-bond donors (Lipinski definition) is 1. The lowest BCUT2D eigenvalue weighted by Crippen LogP contribution is -2.38. The van der Waals surface area contributed by atoms with Crippen molar-refractivity contribution in [2.45, 2.75) is 31.3 Å². The molecule has 142 valence electrons. The molecule has 0 radical (unpaired) electrons. The zero-order valence-electron chi connectivity index (χ0n) is 15.5. The number of amides is 1. The third kappa shape index (κ3) is 3.35. The molecule has 0 bridgehead atoms. The van der Waals surface area contributed by atoms with E-state index in [0.717, 1.165) is 42.8 Å². The van der Waals surface area contributed by atoms with E-state index >= 15 is 0 Å². The molecule has 1 unspecified atom stereocenters. The molecule has 7 heteroatoms. The van der Waals surface area contributed by atoms with Crippen LogP contribution in [0.5, 0.6) is 0 Å². The Kier molecular flexibility index (Phi) is 4.27. The van der Waals surface area contributed by atoms with Crippen molar-refractivity contribution in [3.8, 4) is 11.3 Å². The molecule has 2 fully saturated rings. The molecule has 4 heterocycles. The van der Waals surface area contributed by atoms with Gasteiger partial charge in [-0.25, -0.2) is 9.97 Å². The largest absolute Gasteiger partial charge is 0.346 e. The summed E-state index contributed by atoms with van der Waals surface area (Å²) in [5.74, 6) is 0.702. The van der Waals surface area contributed by atoms with E-state index in [1.54, 1.807) is 18.6 Å². The molecule has 1 saturated carbocycles. The van der Waals surface area contributed by atoms with Crippen LogP contribution in [0, 0.1) is 0 Å². The minimum atomic E-state index is 0.00813. The van der Waals surface area contributed by atoms with E-state index in [0.29, 0.717) is 18.5 Å². The van der Waals surface area contributed by atoms with Gasteiger partial charge in [0.15, 0.2) is 0 Å². The van der Waals surface area contributed by atoms with Crippen LogP contribution in [0.3, 0.4) is 0 Å². The summed E-state index contributed by atoms with van der Waals surface area (Å²) >= 11 is 0. The van der Waals surface area contributed by atoms with Gasteiger partial charge in [-0.2, -0.15) is 0 Å². The fraction of sp³-hybridized carbons (Fsp3) is 0.333. The Bertz CT molecular complexity index is 981. The summed E-state index contributed by atoms with van der Waals surface area (Å²) < 4.78 is 2.10. The van der Waals surface area contributed by atoms with Gasteiger partial charge in [0.1, 0.15) is 5.69 Å². The third-order valence-corrected chi connectivity index (χ3v) is 5.36. The third-order valence-electron chi connectivity index (χ3n) is 5.36. The molecule has 5 rings (SSSR count). The summed E-state index contributed by atoms with van der Waals surface area (Å²) in [4.78, 5) is 28.1. The maximum Gasteiger partial charge on any atom is 0.268 e. The Balaban J connectivity index is 1.26. The number of nitrogens with zero attached hydrogens (tertiary/aromatic N) is 5. The number of carbonyl (C=O) groups excluding carboxylic acids is 1. The van der Waals surface area contributed by atoms with Crippen molar-refractivity contribution in [1.82, 2.24) is 24.8 Å². The zero-order chi connectivity index (χ0) is 18.9. The van der Waals surface area contributed by atoms with Crippen molar-refractivity contribution in [2.24, 2.45) is 0 Å². The van der Waals surface area contributed by atoms with Crippen LogP contribution in [0.4, 0.5) is 5.95 Å². The van der Waals surface area contributed by atoms with Crippen molar-refractivity contribution < 1.29 is 4.79 Å². The van der Waals surface area contributed by atoms with Gasteiger partial charge in [0, 0.05) is 55.5 Å². The molecule has 1 saturated heterocycles. The highest BCUT2D eigenvalue weighted by atomic mass is 16.2. The lowest BCUT2D eigenvalue weighted by molar-refractivity contribution is 0.0931. The van der Waals surface area contributed by atoms with Crippen LogP contribution >= 0.6 is 0 Å². The summed E-state index contributed by atoms with van der Waals surface area (Å²) in [6, 6.07) is 10.2. The molecule has 0 aromatic carbocycles. The van der Waals surface area contributed by atoms with Gasteiger partial charge in [0.25, 0.3) is 5.91 Å². The minimum absolute atomic E-state index is 0.00813. The van der Waals surface area contributed by atoms with Crippen LogP contribution in [-0.4, -0.2) is 44.6 Å². The monoisotopic (exact) mass is 374 g/mol. The molecule has 3 aromatic heterocycles. The van der Waals surface area contributed by atoms with Crippen LogP contribution in [-0.2, 0) is 0 Å². The second-order valence-electron chi connectivity index (χ2n) is 7.42. The van der Waals surface area contributed by atoms with Gasteiger partial charge in [0.05, 0.1) is 5.69 Å². The summed E-state index contributed by atoms with van der Waals surface area (Å²) in [6.45, 7) is 1.54. The number of rotatable bonds is 5. The van der Waals surface area contributed by atoms with Gasteiger partial charge in [-0.1, -0.05) is 0 Å². The maximum absolute atomic E-state index is 12.7. The Morgan fingerprint density at radius 3 is 2.86 bits per heavy atom. The average molecular weight is 374 g/mol.